The number of ketones is 1. The minimum absolute atomic E-state index is 0.0327. The van der Waals surface area contributed by atoms with Gasteiger partial charge in [-0.15, -0.1) is 0 Å². The van der Waals surface area contributed by atoms with E-state index in [-0.39, 0.29) is 24.7 Å². The van der Waals surface area contributed by atoms with E-state index >= 15 is 0 Å². The van der Waals surface area contributed by atoms with Crippen LogP contribution in [-0.4, -0.2) is 29.2 Å². The molecule has 1 atom stereocenters. The number of Topliss-reactive ketones (excluding diaryl/α,β-unsaturated/α-hetero) is 1. The summed E-state index contributed by atoms with van der Waals surface area (Å²) < 4.78 is 5.13. The van der Waals surface area contributed by atoms with Crippen molar-refractivity contribution in [2.24, 2.45) is 5.92 Å². The van der Waals surface area contributed by atoms with Crippen molar-refractivity contribution in [3.05, 3.63) is 70.6 Å². The molecule has 30 heavy (non-hydrogen) atoms. The largest absolute Gasteiger partial charge is 0.465 e. The first-order valence-corrected chi connectivity index (χ1v) is 10.5. The van der Waals surface area contributed by atoms with Gasteiger partial charge in [-0.1, -0.05) is 36.8 Å². The monoisotopic (exact) mass is 409 g/mol. The average Bonchev–Trinajstić information content (AvgIpc) is 2.68. The maximum atomic E-state index is 13.3. The number of amides is 1. The molecule has 0 saturated heterocycles. The molecule has 0 aliphatic carbocycles. The molecule has 0 spiro atoms. The molecule has 2 rings (SSSR count). The van der Waals surface area contributed by atoms with Gasteiger partial charge in [0.1, 0.15) is 5.92 Å². The van der Waals surface area contributed by atoms with E-state index in [1.807, 2.05) is 64.2 Å². The first-order chi connectivity index (χ1) is 14.3. The summed E-state index contributed by atoms with van der Waals surface area (Å²) in [6, 6.07) is 0. The van der Waals surface area contributed by atoms with Crippen LogP contribution in [0.4, 0.5) is 0 Å². The lowest BCUT2D eigenvalue weighted by atomic mass is 9.86. The first-order valence-electron chi connectivity index (χ1n) is 10.5. The normalized spacial score (nSPS) is 19.9. The minimum Gasteiger partial charge on any atom is -0.465 e. The number of carbonyl (C=O) groups excluding carboxylic acids is 3. The van der Waals surface area contributed by atoms with Gasteiger partial charge in [0, 0.05) is 24.1 Å². The molecule has 2 aliphatic heterocycles. The number of esters is 1. The maximum absolute atomic E-state index is 13.3. The highest BCUT2D eigenvalue weighted by Gasteiger charge is 2.42. The molecule has 2 heterocycles. The van der Waals surface area contributed by atoms with E-state index in [1.165, 1.54) is 4.90 Å². The molecule has 0 radical (unpaired) electrons. The maximum Gasteiger partial charge on any atom is 0.318 e. The van der Waals surface area contributed by atoms with Crippen LogP contribution >= 0.6 is 0 Å². The third-order valence-corrected chi connectivity index (χ3v) is 4.90. The van der Waals surface area contributed by atoms with Crippen molar-refractivity contribution in [1.82, 2.24) is 4.90 Å². The predicted molar refractivity (Wildman–Crippen MR) is 118 cm³/mol. The number of hydrogen-bond acceptors (Lipinski definition) is 4. The van der Waals surface area contributed by atoms with Gasteiger partial charge in [0.05, 0.1) is 12.3 Å². The van der Waals surface area contributed by atoms with Crippen LogP contribution in [0.15, 0.2) is 70.6 Å². The smallest absolute Gasteiger partial charge is 0.318 e. The Hall–Kier alpha value is -2.95. The van der Waals surface area contributed by atoms with Crippen LogP contribution in [0, 0.1) is 5.92 Å². The summed E-state index contributed by atoms with van der Waals surface area (Å²) >= 11 is 0. The fourth-order valence-electron chi connectivity index (χ4n) is 3.68. The summed E-state index contributed by atoms with van der Waals surface area (Å²) in [7, 11) is 0. The summed E-state index contributed by atoms with van der Waals surface area (Å²) in [5.41, 5.74) is 3.76. The zero-order valence-corrected chi connectivity index (χ0v) is 18.5. The lowest BCUT2D eigenvalue weighted by Gasteiger charge is -2.36. The van der Waals surface area contributed by atoms with Crippen LogP contribution in [0.2, 0.25) is 0 Å². The Balaban J connectivity index is 2.53. The molecule has 1 amide bonds. The Bertz CT molecular complexity index is 896. The van der Waals surface area contributed by atoms with Crippen molar-refractivity contribution in [2.75, 3.05) is 6.61 Å². The number of hydrogen-bond donors (Lipinski definition) is 0. The molecular formula is C25H31NO4. The topological polar surface area (TPSA) is 63.7 Å². The van der Waals surface area contributed by atoms with Crippen LogP contribution < -0.4 is 0 Å². The number of allylic oxidation sites excluding steroid dienone is 10. The third kappa shape index (κ3) is 5.35. The lowest BCUT2D eigenvalue weighted by molar-refractivity contribution is -0.154. The van der Waals surface area contributed by atoms with Crippen LogP contribution in [0.5, 0.6) is 0 Å². The van der Waals surface area contributed by atoms with Crippen LogP contribution in [-0.2, 0) is 19.1 Å². The molecule has 160 valence electrons. The highest BCUT2D eigenvalue weighted by molar-refractivity contribution is 6.06. The second kappa shape index (κ2) is 10.7. The van der Waals surface area contributed by atoms with E-state index in [0.717, 1.165) is 11.1 Å². The SMILES string of the molecule is C/C=C/C(C)=C\C(C)=C\C1=CC=CC2=C(C(=O)CCC)CC(C(=O)OCC)C(=O)N12. The number of ether oxygens (including phenoxy) is 1. The molecule has 0 saturated carbocycles. The van der Waals surface area contributed by atoms with Gasteiger partial charge in [-0.25, -0.2) is 0 Å². The Morgan fingerprint density at radius 1 is 1.23 bits per heavy atom. The van der Waals surface area contributed by atoms with Crippen LogP contribution in [0.3, 0.4) is 0 Å². The molecule has 0 aromatic heterocycles. The molecule has 5 heteroatoms. The van der Waals surface area contributed by atoms with Gasteiger partial charge >= 0.3 is 5.97 Å². The van der Waals surface area contributed by atoms with Gasteiger partial charge in [-0.05, 0) is 57.9 Å². The zero-order valence-electron chi connectivity index (χ0n) is 18.5. The van der Waals surface area contributed by atoms with Gasteiger partial charge in [0.2, 0.25) is 5.91 Å². The summed E-state index contributed by atoms with van der Waals surface area (Å²) in [6.45, 7) is 9.74. The second-order valence-corrected chi connectivity index (χ2v) is 7.45. The van der Waals surface area contributed by atoms with Crippen molar-refractivity contribution in [3.8, 4) is 0 Å². The van der Waals surface area contributed by atoms with Crippen molar-refractivity contribution in [3.63, 3.8) is 0 Å². The quantitative estimate of drug-likeness (QED) is 0.323. The summed E-state index contributed by atoms with van der Waals surface area (Å²) in [6.07, 6.45) is 14.5. The fourth-order valence-corrected chi connectivity index (χ4v) is 3.68. The minimum atomic E-state index is -1.01. The third-order valence-electron chi connectivity index (χ3n) is 4.90. The van der Waals surface area contributed by atoms with Crippen molar-refractivity contribution >= 4 is 17.7 Å². The molecule has 0 N–H and O–H groups in total. The van der Waals surface area contributed by atoms with E-state index in [9.17, 15) is 14.4 Å². The van der Waals surface area contributed by atoms with Crippen LogP contribution in [0.25, 0.3) is 0 Å². The molecule has 0 aromatic rings. The predicted octanol–water partition coefficient (Wildman–Crippen LogP) is 4.94. The Kier molecular flexibility index (Phi) is 8.34. The lowest BCUT2D eigenvalue weighted by Crippen LogP contribution is -2.44. The molecule has 0 fully saturated rings. The highest BCUT2D eigenvalue weighted by atomic mass is 16.5. The second-order valence-electron chi connectivity index (χ2n) is 7.45. The Morgan fingerprint density at radius 2 is 1.97 bits per heavy atom. The Labute approximate surface area is 179 Å². The van der Waals surface area contributed by atoms with Crippen LogP contribution in [0.1, 0.15) is 53.9 Å². The van der Waals surface area contributed by atoms with E-state index in [2.05, 4.69) is 0 Å². The molecule has 1 unspecified atom stereocenters. The van der Waals surface area contributed by atoms with Gasteiger partial charge in [0.25, 0.3) is 0 Å². The molecular weight excluding hydrogens is 378 g/mol. The fraction of sp³-hybridized carbons (Fsp3) is 0.400. The number of nitrogens with zero attached hydrogens (tertiary/aromatic N) is 1. The Morgan fingerprint density at radius 3 is 2.60 bits per heavy atom. The molecule has 0 bridgehead atoms. The van der Waals surface area contributed by atoms with E-state index in [1.54, 1.807) is 13.0 Å². The van der Waals surface area contributed by atoms with Crippen molar-refractivity contribution < 1.29 is 19.1 Å². The summed E-state index contributed by atoms with van der Waals surface area (Å²) in [5, 5.41) is 0. The van der Waals surface area contributed by atoms with E-state index < -0.39 is 11.9 Å². The average molecular weight is 410 g/mol. The standard InChI is InChI=1S/C25H31NO4/c1-6-10-17(4)14-18(5)15-19-12-9-13-22-20(23(27)11-7-2)16-21(24(28)26(19)22)25(29)30-8-3/h6,9-10,12-15,21H,7-8,11,16H2,1-5H3/b10-6+,17-14-,18-15+. The molecule has 2 aliphatic rings. The number of rotatable bonds is 8. The summed E-state index contributed by atoms with van der Waals surface area (Å²) in [5.74, 6) is -1.98. The summed E-state index contributed by atoms with van der Waals surface area (Å²) in [4.78, 5) is 40.0. The number of carbonyl (C=O) groups is 3. The first kappa shape index (κ1) is 23.3. The highest BCUT2D eigenvalue weighted by Crippen LogP contribution is 2.36. The number of fused-ring (bicyclic) bond motifs is 1. The van der Waals surface area contributed by atoms with Gasteiger partial charge in [-0.3, -0.25) is 19.3 Å². The van der Waals surface area contributed by atoms with Gasteiger partial charge in [-0.2, -0.15) is 0 Å². The van der Waals surface area contributed by atoms with E-state index in [4.69, 9.17) is 4.74 Å². The van der Waals surface area contributed by atoms with Gasteiger partial charge in [0.15, 0.2) is 5.78 Å². The van der Waals surface area contributed by atoms with Crippen molar-refractivity contribution in [2.45, 2.75) is 53.9 Å². The zero-order chi connectivity index (χ0) is 22.3. The van der Waals surface area contributed by atoms with Crippen molar-refractivity contribution in [1.29, 1.82) is 0 Å². The van der Waals surface area contributed by atoms with Gasteiger partial charge < -0.3 is 4.74 Å². The van der Waals surface area contributed by atoms with E-state index in [0.29, 0.717) is 29.8 Å². The molecule has 5 nitrogen and oxygen atoms in total. The molecule has 0 aromatic carbocycles.